The Balaban J connectivity index is 2.13. The number of halogens is 1. The second kappa shape index (κ2) is 6.70. The summed E-state index contributed by atoms with van der Waals surface area (Å²) >= 11 is 0. The molecule has 3 N–H and O–H groups in total. The summed E-state index contributed by atoms with van der Waals surface area (Å²) in [7, 11) is 0. The molecule has 0 aliphatic heterocycles. The highest BCUT2D eigenvalue weighted by molar-refractivity contribution is 5.75. The van der Waals surface area contributed by atoms with E-state index in [9.17, 15) is 19.4 Å². The van der Waals surface area contributed by atoms with Gasteiger partial charge in [0.25, 0.3) is 0 Å². The van der Waals surface area contributed by atoms with E-state index in [1.54, 1.807) is 0 Å². The molecule has 20 heavy (non-hydrogen) atoms. The fourth-order valence-electron chi connectivity index (χ4n) is 2.69. The van der Waals surface area contributed by atoms with Crippen LogP contribution >= 0.6 is 0 Å². The van der Waals surface area contributed by atoms with Crippen LogP contribution in [0.2, 0.25) is 0 Å². The van der Waals surface area contributed by atoms with Gasteiger partial charge in [0.15, 0.2) is 11.6 Å². The molecule has 1 fully saturated rings. The van der Waals surface area contributed by atoms with E-state index in [2.05, 4.69) is 5.32 Å². The summed E-state index contributed by atoms with van der Waals surface area (Å²) in [5.74, 6) is -2.29. The highest BCUT2D eigenvalue weighted by atomic mass is 19.1. The highest BCUT2D eigenvalue weighted by Gasteiger charge is 2.24. The molecule has 0 bridgehead atoms. The summed E-state index contributed by atoms with van der Waals surface area (Å²) in [4.78, 5) is 11.4. The second-order valence-corrected chi connectivity index (χ2v) is 5.34. The van der Waals surface area contributed by atoms with Crippen molar-refractivity contribution in [3.8, 4) is 5.75 Å². The van der Waals surface area contributed by atoms with E-state index in [0.717, 1.165) is 31.7 Å². The van der Waals surface area contributed by atoms with Crippen LogP contribution in [0.15, 0.2) is 18.2 Å². The Bertz CT molecular complexity index is 470. The molecule has 1 saturated carbocycles. The van der Waals surface area contributed by atoms with Gasteiger partial charge in [-0.05, 0) is 30.5 Å². The number of carboxylic acid groups (broad SMARTS) is 1. The van der Waals surface area contributed by atoms with Crippen LogP contribution in [0.25, 0.3) is 0 Å². The molecule has 0 spiro atoms. The maximum absolute atomic E-state index is 13.4. The van der Waals surface area contributed by atoms with E-state index in [-0.39, 0.29) is 6.04 Å². The number of rotatable bonds is 4. The van der Waals surface area contributed by atoms with Gasteiger partial charge in [-0.1, -0.05) is 31.7 Å². The maximum Gasteiger partial charge on any atom is 0.325 e. The largest absolute Gasteiger partial charge is 0.505 e. The first-order chi connectivity index (χ1) is 9.58. The van der Waals surface area contributed by atoms with Crippen molar-refractivity contribution in [2.24, 2.45) is 0 Å². The molecule has 1 aliphatic carbocycles. The van der Waals surface area contributed by atoms with Gasteiger partial charge in [0.05, 0.1) is 0 Å². The van der Waals surface area contributed by atoms with Gasteiger partial charge in [-0.3, -0.25) is 10.1 Å². The van der Waals surface area contributed by atoms with Gasteiger partial charge in [-0.25, -0.2) is 4.39 Å². The molecule has 5 heteroatoms. The number of hydrogen-bond donors (Lipinski definition) is 3. The molecule has 110 valence electrons. The van der Waals surface area contributed by atoms with Crippen LogP contribution in [-0.2, 0) is 4.79 Å². The van der Waals surface area contributed by atoms with Gasteiger partial charge in [-0.2, -0.15) is 0 Å². The Labute approximate surface area is 117 Å². The first kappa shape index (κ1) is 14.8. The molecule has 0 amide bonds. The van der Waals surface area contributed by atoms with E-state index in [0.29, 0.717) is 5.56 Å². The standard InChI is InChI=1S/C15H20FNO3/c16-12-9-10(7-8-13(12)18)14(15(19)20)17-11-5-3-1-2-4-6-11/h7-9,11,14,17-18H,1-6H2,(H,19,20). The SMILES string of the molecule is O=C(O)C(NC1CCCCCC1)c1ccc(O)c(F)c1. The van der Waals surface area contributed by atoms with Gasteiger partial charge in [0.1, 0.15) is 6.04 Å². The first-order valence-corrected chi connectivity index (χ1v) is 7.05. The Morgan fingerprint density at radius 1 is 1.25 bits per heavy atom. The molecule has 1 aromatic rings. The summed E-state index contributed by atoms with van der Waals surface area (Å²) in [6, 6.07) is 2.93. The summed E-state index contributed by atoms with van der Waals surface area (Å²) in [5.41, 5.74) is 0.331. The van der Waals surface area contributed by atoms with E-state index < -0.39 is 23.6 Å². The van der Waals surface area contributed by atoms with Crippen LogP contribution in [0, 0.1) is 5.82 Å². The van der Waals surface area contributed by atoms with Crippen molar-refractivity contribution in [3.05, 3.63) is 29.6 Å². The lowest BCUT2D eigenvalue weighted by molar-refractivity contribution is -0.140. The monoisotopic (exact) mass is 281 g/mol. The Morgan fingerprint density at radius 2 is 1.90 bits per heavy atom. The Kier molecular flexibility index (Phi) is 4.95. The molecule has 1 atom stereocenters. The third-order valence-corrected chi connectivity index (χ3v) is 3.81. The van der Waals surface area contributed by atoms with E-state index in [4.69, 9.17) is 0 Å². The van der Waals surface area contributed by atoms with Crippen molar-refractivity contribution in [3.63, 3.8) is 0 Å². The molecule has 0 saturated heterocycles. The normalized spacial score (nSPS) is 18.4. The van der Waals surface area contributed by atoms with Gasteiger partial charge in [0.2, 0.25) is 0 Å². The summed E-state index contributed by atoms with van der Waals surface area (Å²) in [5, 5.41) is 21.6. The van der Waals surface area contributed by atoms with E-state index in [1.807, 2.05) is 0 Å². The lowest BCUT2D eigenvalue weighted by Gasteiger charge is -2.22. The van der Waals surface area contributed by atoms with Crippen molar-refractivity contribution >= 4 is 5.97 Å². The average Bonchev–Trinajstić information content (AvgIpc) is 2.67. The molecule has 1 aliphatic rings. The van der Waals surface area contributed by atoms with Crippen molar-refractivity contribution in [1.82, 2.24) is 5.32 Å². The predicted molar refractivity (Wildman–Crippen MR) is 73.1 cm³/mol. The quantitative estimate of drug-likeness (QED) is 0.742. The first-order valence-electron chi connectivity index (χ1n) is 7.05. The zero-order chi connectivity index (χ0) is 14.5. The molecule has 0 aromatic heterocycles. The van der Waals surface area contributed by atoms with Crippen LogP contribution in [0.4, 0.5) is 4.39 Å². The second-order valence-electron chi connectivity index (χ2n) is 5.34. The number of aromatic hydroxyl groups is 1. The molecule has 1 unspecified atom stereocenters. The fraction of sp³-hybridized carbons (Fsp3) is 0.533. The van der Waals surface area contributed by atoms with Crippen LogP contribution in [0.3, 0.4) is 0 Å². The van der Waals surface area contributed by atoms with Gasteiger partial charge in [0, 0.05) is 6.04 Å². The number of benzene rings is 1. The minimum absolute atomic E-state index is 0.149. The minimum Gasteiger partial charge on any atom is -0.505 e. The Morgan fingerprint density at radius 3 is 2.45 bits per heavy atom. The summed E-state index contributed by atoms with van der Waals surface area (Å²) in [6.07, 6.45) is 6.45. The minimum atomic E-state index is -1.03. The van der Waals surface area contributed by atoms with Gasteiger partial charge < -0.3 is 10.2 Å². The summed E-state index contributed by atoms with van der Waals surface area (Å²) in [6.45, 7) is 0. The molecular weight excluding hydrogens is 261 g/mol. The zero-order valence-corrected chi connectivity index (χ0v) is 11.3. The lowest BCUT2D eigenvalue weighted by atomic mass is 10.0. The molecule has 1 aromatic carbocycles. The highest BCUT2D eigenvalue weighted by Crippen LogP contribution is 2.24. The van der Waals surface area contributed by atoms with Crippen molar-refractivity contribution in [1.29, 1.82) is 0 Å². The van der Waals surface area contributed by atoms with Crippen LogP contribution in [-0.4, -0.2) is 22.2 Å². The van der Waals surface area contributed by atoms with Crippen molar-refractivity contribution in [2.45, 2.75) is 50.6 Å². The number of carboxylic acids is 1. The smallest absolute Gasteiger partial charge is 0.325 e. The fourth-order valence-corrected chi connectivity index (χ4v) is 2.69. The number of aliphatic carboxylic acids is 1. The predicted octanol–water partition coefficient (Wildman–Crippen LogP) is 2.97. The maximum atomic E-state index is 13.4. The van der Waals surface area contributed by atoms with E-state index in [1.165, 1.54) is 25.0 Å². The molecular formula is C15H20FNO3. The number of phenolic OH excluding ortho intramolecular Hbond substituents is 1. The van der Waals surface area contributed by atoms with Crippen molar-refractivity contribution < 1.29 is 19.4 Å². The zero-order valence-electron chi connectivity index (χ0n) is 11.3. The third-order valence-electron chi connectivity index (χ3n) is 3.81. The van der Waals surface area contributed by atoms with Crippen LogP contribution in [0.5, 0.6) is 5.75 Å². The molecule has 2 rings (SSSR count). The van der Waals surface area contributed by atoms with E-state index >= 15 is 0 Å². The number of nitrogens with one attached hydrogen (secondary N) is 1. The molecule has 4 nitrogen and oxygen atoms in total. The van der Waals surface area contributed by atoms with Gasteiger partial charge >= 0.3 is 5.97 Å². The van der Waals surface area contributed by atoms with Crippen molar-refractivity contribution in [2.75, 3.05) is 0 Å². The molecule has 0 radical (unpaired) electrons. The average molecular weight is 281 g/mol. The lowest BCUT2D eigenvalue weighted by Crippen LogP contribution is -2.36. The topological polar surface area (TPSA) is 69.6 Å². The number of phenols is 1. The van der Waals surface area contributed by atoms with Crippen LogP contribution in [0.1, 0.15) is 50.1 Å². The van der Waals surface area contributed by atoms with Crippen LogP contribution < -0.4 is 5.32 Å². The number of hydrogen-bond acceptors (Lipinski definition) is 3. The Hall–Kier alpha value is -1.62. The number of carbonyl (C=O) groups is 1. The summed E-state index contributed by atoms with van der Waals surface area (Å²) < 4.78 is 13.4. The van der Waals surface area contributed by atoms with Gasteiger partial charge in [-0.15, -0.1) is 0 Å². The third kappa shape index (κ3) is 3.70. The molecule has 0 heterocycles.